The molecule has 1 aromatic heterocycles. The van der Waals surface area contributed by atoms with Crippen LogP contribution < -0.4 is 11.1 Å². The summed E-state index contributed by atoms with van der Waals surface area (Å²) in [7, 11) is 0. The first kappa shape index (κ1) is 10.6. The van der Waals surface area contributed by atoms with E-state index in [1.54, 1.807) is 6.92 Å². The number of anilines is 2. The second-order valence-corrected chi connectivity index (χ2v) is 3.68. The number of aromatic nitrogens is 2. The molecule has 4 N–H and O–H groups in total. The third-order valence-corrected chi connectivity index (χ3v) is 2.16. The molecule has 2 aromatic rings. The van der Waals surface area contributed by atoms with Gasteiger partial charge < -0.3 is 16.2 Å². The van der Waals surface area contributed by atoms with Gasteiger partial charge in [-0.05, 0) is 19.1 Å². The van der Waals surface area contributed by atoms with E-state index in [9.17, 15) is 0 Å². The number of hydrogen-bond donors (Lipinski definition) is 3. The van der Waals surface area contributed by atoms with Crippen molar-refractivity contribution >= 4 is 22.7 Å². The van der Waals surface area contributed by atoms with Crippen molar-refractivity contribution < 1.29 is 5.11 Å². The number of rotatable bonds is 3. The Labute approximate surface area is 93.3 Å². The van der Waals surface area contributed by atoms with E-state index in [1.807, 2.05) is 24.3 Å². The lowest BCUT2D eigenvalue weighted by Gasteiger charge is -2.10. The van der Waals surface area contributed by atoms with Crippen molar-refractivity contribution in [1.82, 2.24) is 9.97 Å². The molecule has 0 bridgehead atoms. The Hall–Kier alpha value is -1.88. The topological polar surface area (TPSA) is 84.1 Å². The summed E-state index contributed by atoms with van der Waals surface area (Å²) in [6, 6.07) is 7.51. The number of aliphatic hydroxyl groups excluding tert-OH is 1. The smallest absolute Gasteiger partial charge is 0.169 e. The second kappa shape index (κ2) is 4.32. The van der Waals surface area contributed by atoms with Gasteiger partial charge in [0.1, 0.15) is 0 Å². The number of nitrogens with one attached hydrogen (secondary N) is 1. The number of benzene rings is 1. The van der Waals surface area contributed by atoms with Crippen molar-refractivity contribution in [2.75, 3.05) is 17.6 Å². The number of para-hydroxylation sites is 2. The van der Waals surface area contributed by atoms with Crippen LogP contribution >= 0.6 is 0 Å². The zero-order valence-electron chi connectivity index (χ0n) is 9.01. The molecule has 16 heavy (non-hydrogen) atoms. The Morgan fingerprint density at radius 1 is 1.31 bits per heavy atom. The van der Waals surface area contributed by atoms with E-state index in [1.165, 1.54) is 0 Å². The summed E-state index contributed by atoms with van der Waals surface area (Å²) in [6.07, 6.45) is -0.451. The zero-order chi connectivity index (χ0) is 11.5. The molecule has 0 saturated carbocycles. The molecule has 0 amide bonds. The van der Waals surface area contributed by atoms with Gasteiger partial charge in [-0.1, -0.05) is 12.1 Å². The second-order valence-electron chi connectivity index (χ2n) is 3.68. The first-order valence-electron chi connectivity index (χ1n) is 5.11. The Morgan fingerprint density at radius 3 is 2.56 bits per heavy atom. The van der Waals surface area contributed by atoms with Gasteiger partial charge in [-0.25, -0.2) is 9.97 Å². The largest absolute Gasteiger partial charge is 0.392 e. The van der Waals surface area contributed by atoms with E-state index >= 15 is 0 Å². The van der Waals surface area contributed by atoms with Crippen LogP contribution in [0.15, 0.2) is 24.3 Å². The van der Waals surface area contributed by atoms with Crippen LogP contribution in [0.25, 0.3) is 11.0 Å². The highest BCUT2D eigenvalue weighted by molar-refractivity contribution is 5.79. The number of fused-ring (bicyclic) bond motifs is 1. The van der Waals surface area contributed by atoms with Gasteiger partial charge >= 0.3 is 0 Å². The molecule has 2 rings (SSSR count). The van der Waals surface area contributed by atoms with Gasteiger partial charge in [0.25, 0.3) is 0 Å². The van der Waals surface area contributed by atoms with Gasteiger partial charge in [-0.3, -0.25) is 0 Å². The van der Waals surface area contributed by atoms with Crippen LogP contribution in [0.3, 0.4) is 0 Å². The van der Waals surface area contributed by atoms with Gasteiger partial charge in [0.05, 0.1) is 17.1 Å². The van der Waals surface area contributed by atoms with Gasteiger partial charge in [0.15, 0.2) is 11.6 Å². The highest BCUT2D eigenvalue weighted by atomic mass is 16.3. The quantitative estimate of drug-likeness (QED) is 0.716. The molecule has 0 radical (unpaired) electrons. The highest BCUT2D eigenvalue weighted by Gasteiger charge is 2.05. The predicted octanol–water partition coefficient (Wildman–Crippen LogP) is 1.00. The van der Waals surface area contributed by atoms with Crippen molar-refractivity contribution in [3.63, 3.8) is 0 Å². The fourth-order valence-electron chi connectivity index (χ4n) is 1.39. The molecule has 0 spiro atoms. The van der Waals surface area contributed by atoms with Crippen molar-refractivity contribution in [2.24, 2.45) is 0 Å². The molecule has 1 atom stereocenters. The van der Waals surface area contributed by atoms with Crippen LogP contribution in [0.4, 0.5) is 11.6 Å². The zero-order valence-corrected chi connectivity index (χ0v) is 9.01. The van der Waals surface area contributed by atoms with E-state index in [0.717, 1.165) is 11.0 Å². The molecular formula is C11H14N4O. The summed E-state index contributed by atoms with van der Waals surface area (Å²) in [5.41, 5.74) is 7.30. The van der Waals surface area contributed by atoms with Gasteiger partial charge in [-0.15, -0.1) is 0 Å². The fourth-order valence-corrected chi connectivity index (χ4v) is 1.39. The van der Waals surface area contributed by atoms with E-state index < -0.39 is 6.10 Å². The summed E-state index contributed by atoms with van der Waals surface area (Å²) in [5, 5.41) is 12.1. The van der Waals surface area contributed by atoms with Gasteiger partial charge in [-0.2, -0.15) is 0 Å². The molecule has 5 nitrogen and oxygen atoms in total. The lowest BCUT2D eigenvalue weighted by molar-refractivity contribution is 0.208. The monoisotopic (exact) mass is 218 g/mol. The van der Waals surface area contributed by atoms with Crippen molar-refractivity contribution in [3.05, 3.63) is 24.3 Å². The molecule has 1 aromatic carbocycles. The Morgan fingerprint density at radius 2 is 1.94 bits per heavy atom. The molecule has 1 heterocycles. The molecule has 5 heteroatoms. The summed E-state index contributed by atoms with van der Waals surface area (Å²) in [5.74, 6) is 0.860. The SMILES string of the molecule is CC(O)CNc1nc2ccccc2nc1N. The van der Waals surface area contributed by atoms with E-state index in [2.05, 4.69) is 15.3 Å². The number of hydrogen-bond acceptors (Lipinski definition) is 5. The number of nitrogen functional groups attached to an aromatic ring is 1. The molecule has 0 aliphatic rings. The Bertz CT molecular complexity index is 498. The van der Waals surface area contributed by atoms with Crippen molar-refractivity contribution in [1.29, 1.82) is 0 Å². The highest BCUT2D eigenvalue weighted by Crippen LogP contribution is 2.17. The third kappa shape index (κ3) is 2.20. The van der Waals surface area contributed by atoms with Crippen LogP contribution in [0.5, 0.6) is 0 Å². The number of nitrogens with zero attached hydrogens (tertiary/aromatic N) is 2. The average Bonchev–Trinajstić information content (AvgIpc) is 2.26. The molecule has 0 fully saturated rings. The van der Waals surface area contributed by atoms with Crippen LogP contribution in [-0.2, 0) is 0 Å². The molecule has 0 aliphatic carbocycles. The maximum absolute atomic E-state index is 9.17. The molecular weight excluding hydrogens is 204 g/mol. The lowest BCUT2D eigenvalue weighted by atomic mass is 10.3. The summed E-state index contributed by atoms with van der Waals surface area (Å²) in [6.45, 7) is 2.09. The minimum atomic E-state index is -0.451. The third-order valence-electron chi connectivity index (χ3n) is 2.16. The van der Waals surface area contributed by atoms with Crippen LogP contribution in [0.1, 0.15) is 6.92 Å². The lowest BCUT2D eigenvalue weighted by Crippen LogP contribution is -2.17. The minimum Gasteiger partial charge on any atom is -0.392 e. The number of nitrogens with two attached hydrogens (primary N) is 1. The average molecular weight is 218 g/mol. The van der Waals surface area contributed by atoms with E-state index in [4.69, 9.17) is 10.8 Å². The van der Waals surface area contributed by atoms with Crippen molar-refractivity contribution in [3.8, 4) is 0 Å². The summed E-state index contributed by atoms with van der Waals surface area (Å²) >= 11 is 0. The molecule has 0 saturated heterocycles. The normalized spacial score (nSPS) is 12.6. The van der Waals surface area contributed by atoms with Gasteiger partial charge in [0, 0.05) is 6.54 Å². The van der Waals surface area contributed by atoms with E-state index in [0.29, 0.717) is 18.2 Å². The van der Waals surface area contributed by atoms with E-state index in [-0.39, 0.29) is 0 Å². The fraction of sp³-hybridized carbons (Fsp3) is 0.273. The predicted molar refractivity (Wildman–Crippen MR) is 64.1 cm³/mol. The molecule has 0 aliphatic heterocycles. The summed E-state index contributed by atoms with van der Waals surface area (Å²) < 4.78 is 0. The first-order chi connectivity index (χ1) is 7.66. The maximum Gasteiger partial charge on any atom is 0.169 e. The maximum atomic E-state index is 9.17. The van der Waals surface area contributed by atoms with Crippen LogP contribution in [-0.4, -0.2) is 27.7 Å². The number of aliphatic hydroxyl groups is 1. The summed E-state index contributed by atoms with van der Waals surface area (Å²) in [4.78, 5) is 8.56. The first-order valence-corrected chi connectivity index (χ1v) is 5.11. The Kier molecular flexibility index (Phi) is 2.87. The van der Waals surface area contributed by atoms with Crippen LogP contribution in [0.2, 0.25) is 0 Å². The minimum absolute atomic E-state index is 0.347. The Balaban J connectivity index is 2.34. The van der Waals surface area contributed by atoms with Crippen LogP contribution in [0, 0.1) is 0 Å². The molecule has 84 valence electrons. The van der Waals surface area contributed by atoms with Gasteiger partial charge in [0.2, 0.25) is 0 Å². The molecule has 1 unspecified atom stereocenters. The standard InChI is InChI=1S/C11H14N4O/c1-7(16)6-13-11-10(12)14-8-4-2-3-5-9(8)15-11/h2-5,7,16H,6H2,1H3,(H2,12,14)(H,13,15). The van der Waals surface area contributed by atoms with Crippen molar-refractivity contribution in [2.45, 2.75) is 13.0 Å².